The van der Waals surface area contributed by atoms with Gasteiger partial charge < -0.3 is 5.32 Å². The fraction of sp³-hybridized carbons (Fsp3) is 0.286. The lowest BCUT2D eigenvalue weighted by molar-refractivity contribution is -0.118. The minimum Gasteiger partial charge on any atom is -0.351 e. The number of hydrogen-bond donors (Lipinski definition) is 1. The fourth-order valence-corrected chi connectivity index (χ4v) is 3.29. The number of nitrogens with one attached hydrogen (secondary N) is 1. The molecule has 1 aromatic heterocycles. The van der Waals surface area contributed by atoms with Gasteiger partial charge in [0.1, 0.15) is 12.7 Å². The maximum Gasteiger partial charge on any atom is 0.230 e. The Morgan fingerprint density at radius 2 is 1.78 bits per heavy atom. The average molecular weight is 381 g/mol. The lowest BCUT2D eigenvalue weighted by atomic mass is 9.87. The van der Waals surface area contributed by atoms with Crippen molar-refractivity contribution < 1.29 is 4.79 Å². The van der Waals surface area contributed by atoms with Crippen LogP contribution in [0.4, 0.5) is 0 Å². The van der Waals surface area contributed by atoms with Crippen LogP contribution in [0.5, 0.6) is 0 Å². The third-order valence-electron chi connectivity index (χ3n) is 4.20. The number of nitrogens with zero attached hydrogens (tertiary/aromatic N) is 3. The third kappa shape index (κ3) is 5.44. The van der Waals surface area contributed by atoms with Gasteiger partial charge in [0.15, 0.2) is 0 Å². The van der Waals surface area contributed by atoms with Gasteiger partial charge in [0.2, 0.25) is 5.91 Å². The van der Waals surface area contributed by atoms with Gasteiger partial charge in [0, 0.05) is 11.4 Å². The van der Waals surface area contributed by atoms with Crippen LogP contribution >= 0.6 is 11.8 Å². The standard InChI is InChI=1S/C21H24N4OS/c1-21(2,3)17-6-10-19(11-7-17)27-13-20(26)23-12-16-4-8-18(9-5-16)25-15-22-14-24-25/h4-11,14-15H,12-13H2,1-3H3,(H,23,26). The van der Waals surface area contributed by atoms with E-state index in [2.05, 4.69) is 60.4 Å². The normalized spacial score (nSPS) is 11.4. The summed E-state index contributed by atoms with van der Waals surface area (Å²) >= 11 is 1.55. The molecular weight excluding hydrogens is 356 g/mol. The highest BCUT2D eigenvalue weighted by atomic mass is 32.2. The van der Waals surface area contributed by atoms with Crippen LogP contribution in [-0.4, -0.2) is 26.4 Å². The highest BCUT2D eigenvalue weighted by molar-refractivity contribution is 8.00. The van der Waals surface area contributed by atoms with Gasteiger partial charge in [-0.2, -0.15) is 5.10 Å². The van der Waals surface area contributed by atoms with Gasteiger partial charge in [0.25, 0.3) is 0 Å². The lowest BCUT2D eigenvalue weighted by Gasteiger charge is -2.19. The summed E-state index contributed by atoms with van der Waals surface area (Å²) in [5.41, 5.74) is 3.43. The molecule has 27 heavy (non-hydrogen) atoms. The number of thioether (sulfide) groups is 1. The second-order valence-electron chi connectivity index (χ2n) is 7.35. The van der Waals surface area contributed by atoms with Crippen LogP contribution in [0.2, 0.25) is 0 Å². The Morgan fingerprint density at radius 3 is 2.37 bits per heavy atom. The average Bonchev–Trinajstić information content (AvgIpc) is 3.19. The molecule has 5 nitrogen and oxygen atoms in total. The van der Waals surface area contributed by atoms with Crippen LogP contribution in [0.25, 0.3) is 5.69 Å². The molecule has 0 fully saturated rings. The zero-order valence-electron chi connectivity index (χ0n) is 15.8. The predicted molar refractivity (Wildman–Crippen MR) is 109 cm³/mol. The Balaban J connectivity index is 1.46. The van der Waals surface area contributed by atoms with Crippen molar-refractivity contribution in [3.05, 3.63) is 72.3 Å². The van der Waals surface area contributed by atoms with Crippen LogP contribution in [0.15, 0.2) is 66.1 Å². The molecule has 0 spiro atoms. The van der Waals surface area contributed by atoms with E-state index >= 15 is 0 Å². The molecule has 0 radical (unpaired) electrons. The topological polar surface area (TPSA) is 59.8 Å². The first-order chi connectivity index (χ1) is 12.9. The molecule has 1 amide bonds. The van der Waals surface area contributed by atoms with Crippen LogP contribution in [0.1, 0.15) is 31.9 Å². The van der Waals surface area contributed by atoms with E-state index < -0.39 is 0 Å². The molecule has 0 saturated heterocycles. The lowest BCUT2D eigenvalue weighted by Crippen LogP contribution is -2.24. The van der Waals surface area contributed by atoms with Crippen molar-refractivity contribution in [1.82, 2.24) is 20.1 Å². The molecule has 0 bridgehead atoms. The summed E-state index contributed by atoms with van der Waals surface area (Å²) in [5.74, 6) is 0.437. The monoisotopic (exact) mass is 380 g/mol. The molecule has 0 aliphatic heterocycles. The van der Waals surface area contributed by atoms with Crippen molar-refractivity contribution >= 4 is 17.7 Å². The maximum atomic E-state index is 12.1. The number of rotatable bonds is 6. The molecule has 3 rings (SSSR count). The molecule has 0 saturated carbocycles. The molecule has 3 aromatic rings. The van der Waals surface area contributed by atoms with Crippen molar-refractivity contribution in [3.8, 4) is 5.69 Å². The van der Waals surface area contributed by atoms with Gasteiger partial charge in [-0.1, -0.05) is 45.0 Å². The van der Waals surface area contributed by atoms with E-state index in [1.54, 1.807) is 22.8 Å². The second-order valence-corrected chi connectivity index (χ2v) is 8.40. The Labute approximate surface area is 164 Å². The van der Waals surface area contributed by atoms with Crippen molar-refractivity contribution in [2.45, 2.75) is 37.6 Å². The van der Waals surface area contributed by atoms with Crippen LogP contribution in [0.3, 0.4) is 0 Å². The van der Waals surface area contributed by atoms with E-state index in [1.165, 1.54) is 11.9 Å². The zero-order valence-corrected chi connectivity index (χ0v) is 16.7. The summed E-state index contributed by atoms with van der Waals surface area (Å²) in [4.78, 5) is 17.2. The molecular formula is C21H24N4OS. The SMILES string of the molecule is CC(C)(C)c1ccc(SCC(=O)NCc2ccc(-n3cncn3)cc2)cc1. The summed E-state index contributed by atoms with van der Waals surface area (Å²) in [6.07, 6.45) is 3.16. The first-order valence-electron chi connectivity index (χ1n) is 8.86. The number of amides is 1. The summed E-state index contributed by atoms with van der Waals surface area (Å²) in [6, 6.07) is 16.3. The predicted octanol–water partition coefficient (Wildman–Crippen LogP) is 3.97. The van der Waals surface area contributed by atoms with Gasteiger partial charge in [-0.25, -0.2) is 9.67 Å². The largest absolute Gasteiger partial charge is 0.351 e. The molecule has 0 atom stereocenters. The first-order valence-corrected chi connectivity index (χ1v) is 9.84. The summed E-state index contributed by atoms with van der Waals surface area (Å²) < 4.78 is 1.70. The maximum absolute atomic E-state index is 12.1. The highest BCUT2D eigenvalue weighted by Crippen LogP contribution is 2.25. The number of aromatic nitrogens is 3. The van der Waals surface area contributed by atoms with Gasteiger partial charge >= 0.3 is 0 Å². The summed E-state index contributed by atoms with van der Waals surface area (Å²) in [6.45, 7) is 7.10. The van der Waals surface area contributed by atoms with E-state index in [0.29, 0.717) is 12.3 Å². The number of benzene rings is 2. The Kier molecular flexibility index (Phi) is 5.96. The summed E-state index contributed by atoms with van der Waals surface area (Å²) in [7, 11) is 0. The Hall–Kier alpha value is -2.60. The quantitative estimate of drug-likeness (QED) is 0.657. The number of hydrogen-bond acceptors (Lipinski definition) is 4. The molecule has 0 aliphatic rings. The molecule has 6 heteroatoms. The Bertz CT molecular complexity index is 866. The van der Waals surface area contributed by atoms with Gasteiger partial charge in [-0.3, -0.25) is 4.79 Å². The Morgan fingerprint density at radius 1 is 1.07 bits per heavy atom. The zero-order chi connectivity index (χ0) is 19.3. The fourth-order valence-electron chi connectivity index (χ4n) is 2.56. The molecule has 140 valence electrons. The van der Waals surface area contributed by atoms with Gasteiger partial charge in [0.05, 0.1) is 11.4 Å². The van der Waals surface area contributed by atoms with Crippen molar-refractivity contribution in [1.29, 1.82) is 0 Å². The second kappa shape index (κ2) is 8.39. The highest BCUT2D eigenvalue weighted by Gasteiger charge is 2.13. The minimum atomic E-state index is 0.0280. The van der Waals surface area contributed by atoms with E-state index in [-0.39, 0.29) is 11.3 Å². The van der Waals surface area contributed by atoms with E-state index in [1.807, 2.05) is 24.3 Å². The third-order valence-corrected chi connectivity index (χ3v) is 5.21. The molecule has 1 heterocycles. The summed E-state index contributed by atoms with van der Waals surface area (Å²) in [5, 5.41) is 7.06. The van der Waals surface area contributed by atoms with Crippen molar-refractivity contribution in [2.24, 2.45) is 0 Å². The number of carbonyl (C=O) groups excluding carboxylic acids is 1. The van der Waals surface area contributed by atoms with Crippen LogP contribution in [-0.2, 0) is 16.8 Å². The van der Waals surface area contributed by atoms with E-state index in [4.69, 9.17) is 0 Å². The van der Waals surface area contributed by atoms with Gasteiger partial charge in [-0.05, 0) is 40.8 Å². The van der Waals surface area contributed by atoms with E-state index in [9.17, 15) is 4.79 Å². The minimum absolute atomic E-state index is 0.0280. The first kappa shape index (κ1) is 19.2. The van der Waals surface area contributed by atoms with Gasteiger partial charge in [-0.15, -0.1) is 11.8 Å². The van der Waals surface area contributed by atoms with E-state index in [0.717, 1.165) is 16.1 Å². The van der Waals surface area contributed by atoms with Crippen LogP contribution < -0.4 is 5.32 Å². The molecule has 0 unspecified atom stereocenters. The molecule has 1 N–H and O–H groups in total. The molecule has 0 aliphatic carbocycles. The van der Waals surface area contributed by atoms with Crippen LogP contribution in [0, 0.1) is 0 Å². The van der Waals surface area contributed by atoms with Crippen molar-refractivity contribution in [3.63, 3.8) is 0 Å². The smallest absolute Gasteiger partial charge is 0.230 e. The molecule has 2 aromatic carbocycles. The van der Waals surface area contributed by atoms with Crippen molar-refractivity contribution in [2.75, 3.05) is 5.75 Å². The number of carbonyl (C=O) groups is 1.